The number of nitrogens with zero attached hydrogens (tertiary/aromatic N) is 3. The van der Waals surface area contributed by atoms with E-state index >= 15 is 0 Å². The summed E-state index contributed by atoms with van der Waals surface area (Å²) < 4.78 is 2.16. The summed E-state index contributed by atoms with van der Waals surface area (Å²) in [7, 11) is 1.83. The van der Waals surface area contributed by atoms with Gasteiger partial charge in [-0.3, -0.25) is 4.99 Å². The molecule has 0 aromatic carbocycles. The average molecular weight is 305 g/mol. The van der Waals surface area contributed by atoms with Crippen LogP contribution in [0.2, 0.25) is 0 Å². The van der Waals surface area contributed by atoms with Gasteiger partial charge in [-0.1, -0.05) is 6.92 Å². The quantitative estimate of drug-likeness (QED) is 0.458. The second kappa shape index (κ2) is 9.51. The molecule has 1 aromatic heterocycles. The van der Waals surface area contributed by atoms with Gasteiger partial charge in [0.15, 0.2) is 5.96 Å². The first-order valence-electron chi connectivity index (χ1n) is 8.55. The minimum absolute atomic E-state index is 0.866. The largest absolute Gasteiger partial charge is 0.356 e. The van der Waals surface area contributed by atoms with Gasteiger partial charge in [0.2, 0.25) is 0 Å². The third kappa shape index (κ3) is 6.10. The number of likely N-dealkylation sites (tertiary alicyclic amines) is 1. The van der Waals surface area contributed by atoms with Crippen molar-refractivity contribution >= 4 is 5.96 Å². The first kappa shape index (κ1) is 16.9. The molecule has 124 valence electrons. The van der Waals surface area contributed by atoms with Crippen molar-refractivity contribution < 1.29 is 0 Å². The van der Waals surface area contributed by atoms with E-state index in [-0.39, 0.29) is 0 Å². The SMILES string of the molecule is CN=C(NCCCN1CCCC(C)C1)NCCn1cccc1. The molecule has 0 amide bonds. The van der Waals surface area contributed by atoms with Crippen LogP contribution in [0.3, 0.4) is 0 Å². The number of hydrogen-bond acceptors (Lipinski definition) is 2. The Labute approximate surface area is 134 Å². The van der Waals surface area contributed by atoms with E-state index in [0.717, 1.165) is 31.5 Å². The molecule has 0 aliphatic carbocycles. The van der Waals surface area contributed by atoms with E-state index in [4.69, 9.17) is 0 Å². The smallest absolute Gasteiger partial charge is 0.191 e. The van der Waals surface area contributed by atoms with Gasteiger partial charge in [0.05, 0.1) is 0 Å². The number of piperidine rings is 1. The van der Waals surface area contributed by atoms with Gasteiger partial charge in [-0.2, -0.15) is 0 Å². The van der Waals surface area contributed by atoms with Crippen LogP contribution in [0.4, 0.5) is 0 Å². The molecule has 2 N–H and O–H groups in total. The molecule has 0 saturated carbocycles. The van der Waals surface area contributed by atoms with E-state index in [1.807, 2.05) is 7.05 Å². The summed E-state index contributed by atoms with van der Waals surface area (Å²) in [5.41, 5.74) is 0. The molecule has 1 aliphatic rings. The van der Waals surface area contributed by atoms with E-state index < -0.39 is 0 Å². The van der Waals surface area contributed by atoms with Crippen LogP contribution in [-0.4, -0.2) is 55.2 Å². The summed E-state index contributed by atoms with van der Waals surface area (Å²) >= 11 is 0. The van der Waals surface area contributed by atoms with Crippen LogP contribution in [0.1, 0.15) is 26.2 Å². The molecule has 5 heteroatoms. The number of rotatable bonds is 7. The predicted octanol–water partition coefficient (Wildman–Crippen LogP) is 1.78. The first-order chi connectivity index (χ1) is 10.8. The van der Waals surface area contributed by atoms with Crippen molar-refractivity contribution in [3.63, 3.8) is 0 Å². The zero-order chi connectivity index (χ0) is 15.6. The maximum Gasteiger partial charge on any atom is 0.191 e. The summed E-state index contributed by atoms with van der Waals surface area (Å²) in [6, 6.07) is 4.10. The van der Waals surface area contributed by atoms with Gasteiger partial charge >= 0.3 is 0 Å². The highest BCUT2D eigenvalue weighted by Gasteiger charge is 2.15. The van der Waals surface area contributed by atoms with Crippen molar-refractivity contribution in [1.82, 2.24) is 20.1 Å². The molecular weight excluding hydrogens is 274 g/mol. The monoisotopic (exact) mass is 305 g/mol. The number of guanidine groups is 1. The molecule has 22 heavy (non-hydrogen) atoms. The Morgan fingerprint density at radius 1 is 1.18 bits per heavy atom. The molecule has 1 atom stereocenters. The Morgan fingerprint density at radius 3 is 2.68 bits per heavy atom. The third-order valence-corrected chi connectivity index (χ3v) is 4.24. The van der Waals surface area contributed by atoms with Crippen molar-refractivity contribution in [2.45, 2.75) is 32.7 Å². The van der Waals surface area contributed by atoms with Crippen LogP contribution in [-0.2, 0) is 6.54 Å². The van der Waals surface area contributed by atoms with E-state index in [2.05, 4.69) is 56.5 Å². The Morgan fingerprint density at radius 2 is 1.95 bits per heavy atom. The molecule has 2 rings (SSSR count). The summed E-state index contributed by atoms with van der Waals surface area (Å²) in [6.45, 7) is 8.92. The molecule has 1 aliphatic heterocycles. The topological polar surface area (TPSA) is 44.6 Å². The van der Waals surface area contributed by atoms with E-state index in [1.165, 1.54) is 38.9 Å². The molecule has 0 radical (unpaired) electrons. The lowest BCUT2D eigenvalue weighted by Crippen LogP contribution is -2.41. The number of nitrogens with one attached hydrogen (secondary N) is 2. The molecule has 5 nitrogen and oxygen atoms in total. The maximum atomic E-state index is 4.27. The second-order valence-corrected chi connectivity index (χ2v) is 6.25. The van der Waals surface area contributed by atoms with Crippen LogP contribution in [0, 0.1) is 5.92 Å². The van der Waals surface area contributed by atoms with E-state index in [9.17, 15) is 0 Å². The van der Waals surface area contributed by atoms with Gasteiger partial charge in [-0.15, -0.1) is 0 Å². The summed E-state index contributed by atoms with van der Waals surface area (Å²) in [5, 5.41) is 6.76. The summed E-state index contributed by atoms with van der Waals surface area (Å²) in [4.78, 5) is 6.87. The van der Waals surface area contributed by atoms with Crippen LogP contribution in [0.15, 0.2) is 29.5 Å². The summed E-state index contributed by atoms with van der Waals surface area (Å²) in [5.74, 6) is 1.77. The highest BCUT2D eigenvalue weighted by Crippen LogP contribution is 2.15. The first-order valence-corrected chi connectivity index (χ1v) is 8.55. The van der Waals surface area contributed by atoms with Crippen molar-refractivity contribution in [3.8, 4) is 0 Å². The average Bonchev–Trinajstić information content (AvgIpc) is 3.03. The van der Waals surface area contributed by atoms with Gasteiger partial charge in [-0.25, -0.2) is 0 Å². The molecule has 2 heterocycles. The molecule has 0 spiro atoms. The standard InChI is InChI=1S/C17H31N5/c1-16-7-5-12-22(15-16)13-6-8-19-17(18-2)20-9-14-21-10-3-4-11-21/h3-4,10-11,16H,5-9,12-15H2,1-2H3,(H2,18,19,20). The fourth-order valence-electron chi connectivity index (χ4n) is 3.04. The van der Waals surface area contributed by atoms with Crippen LogP contribution in [0.25, 0.3) is 0 Å². The Bertz CT molecular complexity index is 426. The van der Waals surface area contributed by atoms with Crippen LogP contribution >= 0.6 is 0 Å². The van der Waals surface area contributed by atoms with Gasteiger partial charge in [0.1, 0.15) is 0 Å². The highest BCUT2D eigenvalue weighted by molar-refractivity contribution is 5.79. The van der Waals surface area contributed by atoms with Gasteiger partial charge < -0.3 is 20.1 Å². The van der Waals surface area contributed by atoms with Crippen molar-refractivity contribution in [2.75, 3.05) is 39.8 Å². The van der Waals surface area contributed by atoms with Gasteiger partial charge in [0, 0.05) is 45.6 Å². The summed E-state index contributed by atoms with van der Waals surface area (Å²) in [6.07, 6.45) is 8.09. The Balaban J connectivity index is 1.54. The van der Waals surface area contributed by atoms with E-state index in [0.29, 0.717) is 0 Å². The number of aromatic nitrogens is 1. The lowest BCUT2D eigenvalue weighted by Gasteiger charge is -2.30. The highest BCUT2D eigenvalue weighted by atomic mass is 15.2. The van der Waals surface area contributed by atoms with Gasteiger partial charge in [-0.05, 0) is 50.4 Å². The number of aliphatic imine (C=N–C) groups is 1. The van der Waals surface area contributed by atoms with Crippen LogP contribution in [0.5, 0.6) is 0 Å². The normalized spacial score (nSPS) is 20.1. The Kier molecular flexibility index (Phi) is 7.30. The van der Waals surface area contributed by atoms with Crippen molar-refractivity contribution in [1.29, 1.82) is 0 Å². The predicted molar refractivity (Wildman–Crippen MR) is 93.3 cm³/mol. The van der Waals surface area contributed by atoms with Crippen molar-refractivity contribution in [3.05, 3.63) is 24.5 Å². The molecule has 1 fully saturated rings. The Hall–Kier alpha value is -1.49. The minimum Gasteiger partial charge on any atom is -0.356 e. The lowest BCUT2D eigenvalue weighted by atomic mass is 10.0. The third-order valence-electron chi connectivity index (χ3n) is 4.24. The molecule has 1 saturated heterocycles. The molecule has 1 aromatic rings. The molecule has 0 bridgehead atoms. The number of hydrogen-bond donors (Lipinski definition) is 2. The van der Waals surface area contributed by atoms with Crippen LogP contribution < -0.4 is 10.6 Å². The fraction of sp³-hybridized carbons (Fsp3) is 0.706. The second-order valence-electron chi connectivity index (χ2n) is 6.25. The molecule has 1 unspecified atom stereocenters. The minimum atomic E-state index is 0.866. The van der Waals surface area contributed by atoms with E-state index in [1.54, 1.807) is 0 Å². The zero-order valence-electron chi connectivity index (χ0n) is 14.1. The maximum absolute atomic E-state index is 4.27. The zero-order valence-corrected chi connectivity index (χ0v) is 14.1. The lowest BCUT2D eigenvalue weighted by molar-refractivity contribution is 0.182. The molecular formula is C17H31N5. The fourth-order valence-corrected chi connectivity index (χ4v) is 3.04. The van der Waals surface area contributed by atoms with Gasteiger partial charge in [0.25, 0.3) is 0 Å². The van der Waals surface area contributed by atoms with Crippen molar-refractivity contribution in [2.24, 2.45) is 10.9 Å².